The molecule has 0 aliphatic carbocycles. The average Bonchev–Trinajstić information content (AvgIpc) is 2.65. The van der Waals surface area contributed by atoms with Crippen molar-refractivity contribution in [2.24, 2.45) is 4.99 Å². The molecule has 0 saturated heterocycles. The number of anilines is 1. The molecule has 1 amide bonds. The number of nitrogens with zero attached hydrogens (tertiary/aromatic N) is 2. The Hall–Kier alpha value is -2.82. The summed E-state index contributed by atoms with van der Waals surface area (Å²) in [4.78, 5) is 18.9. The highest BCUT2D eigenvalue weighted by atomic mass is 16.1. The van der Waals surface area contributed by atoms with Gasteiger partial charge < -0.3 is 15.5 Å². The molecule has 1 aliphatic rings. The molecule has 3 rings (SSSR count). The zero-order valence-corrected chi connectivity index (χ0v) is 14.5. The second-order valence-corrected chi connectivity index (χ2v) is 6.02. The number of rotatable bonds is 4. The van der Waals surface area contributed by atoms with Crippen molar-refractivity contribution >= 4 is 17.6 Å². The Labute approximate surface area is 148 Å². The van der Waals surface area contributed by atoms with Gasteiger partial charge in [0, 0.05) is 25.3 Å². The SMILES string of the molecule is CCNC(=NCC(=O)Nc1ccccc1)N1CCc2ccccc2C1. The van der Waals surface area contributed by atoms with Gasteiger partial charge in [-0.25, -0.2) is 4.99 Å². The van der Waals surface area contributed by atoms with Crippen LogP contribution in [0.25, 0.3) is 0 Å². The lowest BCUT2D eigenvalue weighted by atomic mass is 10.0. The molecule has 25 heavy (non-hydrogen) atoms. The van der Waals surface area contributed by atoms with Crippen molar-refractivity contribution in [1.82, 2.24) is 10.2 Å². The second kappa shape index (κ2) is 8.33. The molecule has 0 atom stereocenters. The van der Waals surface area contributed by atoms with E-state index < -0.39 is 0 Å². The van der Waals surface area contributed by atoms with Crippen molar-refractivity contribution in [3.05, 3.63) is 65.7 Å². The highest BCUT2D eigenvalue weighted by molar-refractivity contribution is 5.94. The monoisotopic (exact) mass is 336 g/mol. The number of benzene rings is 2. The minimum Gasteiger partial charge on any atom is -0.356 e. The average molecular weight is 336 g/mol. The first-order valence-electron chi connectivity index (χ1n) is 8.71. The van der Waals surface area contributed by atoms with E-state index in [1.54, 1.807) is 0 Å². The predicted molar refractivity (Wildman–Crippen MR) is 102 cm³/mol. The Kier molecular flexibility index (Phi) is 5.67. The van der Waals surface area contributed by atoms with Gasteiger partial charge in [-0.2, -0.15) is 0 Å². The summed E-state index contributed by atoms with van der Waals surface area (Å²) >= 11 is 0. The van der Waals surface area contributed by atoms with Gasteiger partial charge in [-0.3, -0.25) is 4.79 Å². The van der Waals surface area contributed by atoms with Crippen LogP contribution in [0.2, 0.25) is 0 Å². The van der Waals surface area contributed by atoms with Crippen LogP contribution in [-0.4, -0.2) is 36.4 Å². The number of carbonyl (C=O) groups excluding carboxylic acids is 1. The summed E-state index contributed by atoms with van der Waals surface area (Å²) < 4.78 is 0. The number of carbonyl (C=O) groups is 1. The van der Waals surface area contributed by atoms with E-state index in [4.69, 9.17) is 0 Å². The minimum absolute atomic E-state index is 0.107. The van der Waals surface area contributed by atoms with Gasteiger partial charge in [0.1, 0.15) is 6.54 Å². The van der Waals surface area contributed by atoms with E-state index >= 15 is 0 Å². The number of fused-ring (bicyclic) bond motifs is 1. The van der Waals surface area contributed by atoms with Gasteiger partial charge in [0.05, 0.1) is 0 Å². The largest absolute Gasteiger partial charge is 0.356 e. The van der Waals surface area contributed by atoms with Crippen LogP contribution in [0, 0.1) is 0 Å². The van der Waals surface area contributed by atoms with Gasteiger partial charge in [-0.05, 0) is 36.6 Å². The molecular formula is C20H24N4O. The highest BCUT2D eigenvalue weighted by Gasteiger charge is 2.18. The molecular weight excluding hydrogens is 312 g/mol. The van der Waals surface area contributed by atoms with E-state index in [1.165, 1.54) is 11.1 Å². The quantitative estimate of drug-likeness (QED) is 0.667. The maximum absolute atomic E-state index is 12.1. The Morgan fingerprint density at radius 3 is 2.56 bits per heavy atom. The molecule has 130 valence electrons. The third kappa shape index (κ3) is 4.59. The van der Waals surface area contributed by atoms with Crippen molar-refractivity contribution in [2.45, 2.75) is 19.9 Å². The standard InChI is InChI=1S/C20H24N4O/c1-2-21-20(22-14-19(25)23-18-10-4-3-5-11-18)24-13-12-16-8-6-7-9-17(16)15-24/h3-11H,2,12-15H2,1H3,(H,21,22)(H,23,25). The summed E-state index contributed by atoms with van der Waals surface area (Å²) in [6.45, 7) is 4.65. The van der Waals surface area contributed by atoms with E-state index in [2.05, 4.69) is 44.8 Å². The number of hydrogen-bond acceptors (Lipinski definition) is 2. The Morgan fingerprint density at radius 2 is 1.80 bits per heavy atom. The van der Waals surface area contributed by atoms with Crippen LogP contribution in [-0.2, 0) is 17.8 Å². The summed E-state index contributed by atoms with van der Waals surface area (Å²) in [6, 6.07) is 18.0. The molecule has 0 spiro atoms. The number of hydrogen-bond donors (Lipinski definition) is 2. The molecule has 1 heterocycles. The van der Waals surface area contributed by atoms with Crippen LogP contribution in [0.5, 0.6) is 0 Å². The maximum Gasteiger partial charge on any atom is 0.246 e. The summed E-state index contributed by atoms with van der Waals surface area (Å²) in [6.07, 6.45) is 0.997. The van der Waals surface area contributed by atoms with Gasteiger partial charge in [0.2, 0.25) is 5.91 Å². The lowest BCUT2D eigenvalue weighted by Gasteiger charge is -2.31. The Morgan fingerprint density at radius 1 is 1.08 bits per heavy atom. The molecule has 2 N–H and O–H groups in total. The van der Waals surface area contributed by atoms with Crippen LogP contribution in [0.3, 0.4) is 0 Å². The topological polar surface area (TPSA) is 56.7 Å². The molecule has 2 aromatic carbocycles. The fraction of sp³-hybridized carbons (Fsp3) is 0.300. The number of amides is 1. The van der Waals surface area contributed by atoms with Gasteiger partial charge in [0.15, 0.2) is 5.96 Å². The third-order valence-electron chi connectivity index (χ3n) is 4.20. The van der Waals surface area contributed by atoms with Gasteiger partial charge in [-0.1, -0.05) is 42.5 Å². The molecule has 5 heteroatoms. The summed E-state index contributed by atoms with van der Waals surface area (Å²) in [7, 11) is 0. The van der Waals surface area contributed by atoms with E-state index in [0.717, 1.165) is 37.7 Å². The predicted octanol–water partition coefficient (Wildman–Crippen LogP) is 2.65. The van der Waals surface area contributed by atoms with E-state index in [9.17, 15) is 4.79 Å². The summed E-state index contributed by atoms with van der Waals surface area (Å²) in [5.74, 6) is 0.680. The van der Waals surface area contributed by atoms with Crippen molar-refractivity contribution < 1.29 is 4.79 Å². The number of para-hydroxylation sites is 1. The zero-order chi connectivity index (χ0) is 17.5. The number of nitrogens with one attached hydrogen (secondary N) is 2. The first-order chi connectivity index (χ1) is 12.3. The van der Waals surface area contributed by atoms with Crippen molar-refractivity contribution in [1.29, 1.82) is 0 Å². The first-order valence-corrected chi connectivity index (χ1v) is 8.71. The van der Waals surface area contributed by atoms with Crippen LogP contribution in [0.4, 0.5) is 5.69 Å². The molecule has 0 aromatic heterocycles. The number of aliphatic imine (C=N–C) groups is 1. The molecule has 0 unspecified atom stereocenters. The molecule has 0 fully saturated rings. The Balaban J connectivity index is 1.64. The lowest BCUT2D eigenvalue weighted by Crippen LogP contribution is -2.44. The van der Waals surface area contributed by atoms with Gasteiger partial charge in [-0.15, -0.1) is 0 Å². The smallest absolute Gasteiger partial charge is 0.246 e. The van der Waals surface area contributed by atoms with E-state index in [1.807, 2.05) is 37.3 Å². The molecule has 2 aromatic rings. The van der Waals surface area contributed by atoms with E-state index in [0.29, 0.717) is 0 Å². The molecule has 0 bridgehead atoms. The first kappa shape index (κ1) is 17.0. The van der Waals surface area contributed by atoms with Crippen LogP contribution >= 0.6 is 0 Å². The van der Waals surface area contributed by atoms with E-state index in [-0.39, 0.29) is 12.5 Å². The van der Waals surface area contributed by atoms with Gasteiger partial charge in [0.25, 0.3) is 0 Å². The van der Waals surface area contributed by atoms with Crippen molar-refractivity contribution in [3.8, 4) is 0 Å². The van der Waals surface area contributed by atoms with Gasteiger partial charge >= 0.3 is 0 Å². The van der Waals surface area contributed by atoms with Crippen LogP contribution in [0.1, 0.15) is 18.1 Å². The van der Waals surface area contributed by atoms with Crippen LogP contribution in [0.15, 0.2) is 59.6 Å². The lowest BCUT2D eigenvalue weighted by molar-refractivity contribution is -0.114. The molecule has 0 saturated carbocycles. The van der Waals surface area contributed by atoms with Crippen molar-refractivity contribution in [2.75, 3.05) is 25.0 Å². The fourth-order valence-corrected chi connectivity index (χ4v) is 2.97. The fourth-order valence-electron chi connectivity index (χ4n) is 2.97. The van der Waals surface area contributed by atoms with Crippen molar-refractivity contribution in [3.63, 3.8) is 0 Å². The molecule has 0 radical (unpaired) electrons. The number of guanidine groups is 1. The second-order valence-electron chi connectivity index (χ2n) is 6.02. The Bertz CT molecular complexity index is 742. The summed E-state index contributed by atoms with van der Waals surface area (Å²) in [5.41, 5.74) is 3.52. The van der Waals surface area contributed by atoms with Crippen LogP contribution < -0.4 is 10.6 Å². The minimum atomic E-state index is -0.112. The highest BCUT2D eigenvalue weighted by Crippen LogP contribution is 2.18. The molecule has 1 aliphatic heterocycles. The normalized spacial score (nSPS) is 14.0. The summed E-state index contributed by atoms with van der Waals surface area (Å²) in [5, 5.41) is 6.16. The maximum atomic E-state index is 12.1. The molecule has 5 nitrogen and oxygen atoms in total. The third-order valence-corrected chi connectivity index (χ3v) is 4.20. The zero-order valence-electron chi connectivity index (χ0n) is 14.5.